The van der Waals surface area contributed by atoms with Gasteiger partial charge in [0.1, 0.15) is 5.15 Å². The van der Waals surface area contributed by atoms with E-state index in [0.29, 0.717) is 15.2 Å². The summed E-state index contributed by atoms with van der Waals surface area (Å²) < 4.78 is 0.560. The third kappa shape index (κ3) is 1.91. The predicted octanol–water partition coefficient (Wildman–Crippen LogP) is 1.60. The summed E-state index contributed by atoms with van der Waals surface area (Å²) in [6.45, 7) is 0. The third-order valence-electron chi connectivity index (χ3n) is 1.09. The van der Waals surface area contributed by atoms with Gasteiger partial charge in [-0.2, -0.15) is 0 Å². The van der Waals surface area contributed by atoms with Gasteiger partial charge in [0.05, 0.1) is 5.56 Å². The molecule has 1 heterocycles. The molecule has 0 aliphatic carbocycles. The molecule has 5 heteroatoms. The lowest BCUT2D eigenvalue weighted by atomic mass is 10.3. The van der Waals surface area contributed by atoms with Crippen molar-refractivity contribution in [1.82, 2.24) is 4.98 Å². The van der Waals surface area contributed by atoms with Crippen molar-refractivity contribution >= 4 is 33.4 Å². The van der Waals surface area contributed by atoms with Crippen LogP contribution in [-0.4, -0.2) is 10.9 Å². The Balaban J connectivity index is 3.20. The maximum atomic E-state index is 10.6. The number of hydrogen-bond acceptors (Lipinski definition) is 2. The van der Waals surface area contributed by atoms with Crippen molar-refractivity contribution in [2.75, 3.05) is 0 Å². The second kappa shape index (κ2) is 3.19. The normalized spacial score (nSPS) is 9.64. The number of amides is 1. The number of aromatic nitrogens is 1. The molecule has 11 heavy (non-hydrogen) atoms. The first-order valence-electron chi connectivity index (χ1n) is 2.72. The maximum Gasteiger partial charge on any atom is 0.251 e. The van der Waals surface area contributed by atoms with Crippen molar-refractivity contribution in [3.8, 4) is 0 Å². The van der Waals surface area contributed by atoms with Crippen LogP contribution in [0, 0.1) is 0 Å². The van der Waals surface area contributed by atoms with Crippen molar-refractivity contribution in [2.24, 2.45) is 5.73 Å². The summed E-state index contributed by atoms with van der Waals surface area (Å²) in [6.07, 6.45) is 1.33. The summed E-state index contributed by atoms with van der Waals surface area (Å²) in [7, 11) is 0. The number of nitrogens with zero attached hydrogens (tertiary/aromatic N) is 1. The lowest BCUT2D eigenvalue weighted by molar-refractivity contribution is 0.0999. The van der Waals surface area contributed by atoms with E-state index in [4.69, 9.17) is 17.3 Å². The van der Waals surface area contributed by atoms with Gasteiger partial charge < -0.3 is 5.73 Å². The SMILES string of the molecule is NC(=O)c1cnc(Cl)cc1Br. The molecule has 1 aromatic heterocycles. The van der Waals surface area contributed by atoms with E-state index in [1.165, 1.54) is 12.3 Å². The lowest BCUT2D eigenvalue weighted by Gasteiger charge is -1.97. The molecule has 1 aromatic rings. The van der Waals surface area contributed by atoms with Gasteiger partial charge in [-0.15, -0.1) is 0 Å². The van der Waals surface area contributed by atoms with Gasteiger partial charge in [-0.1, -0.05) is 11.6 Å². The summed E-state index contributed by atoms with van der Waals surface area (Å²) in [5.41, 5.74) is 5.34. The van der Waals surface area contributed by atoms with Crippen LogP contribution in [0.2, 0.25) is 5.15 Å². The molecule has 1 rings (SSSR count). The summed E-state index contributed by atoms with van der Waals surface area (Å²) in [4.78, 5) is 14.3. The molecule has 0 aliphatic heterocycles. The molecule has 2 N–H and O–H groups in total. The van der Waals surface area contributed by atoms with Gasteiger partial charge in [-0.3, -0.25) is 4.79 Å². The number of carbonyl (C=O) groups excluding carboxylic acids is 1. The fourth-order valence-electron chi connectivity index (χ4n) is 0.589. The zero-order valence-corrected chi connectivity index (χ0v) is 7.69. The summed E-state index contributed by atoms with van der Waals surface area (Å²) in [5, 5.41) is 0.321. The van der Waals surface area contributed by atoms with Crippen molar-refractivity contribution in [2.45, 2.75) is 0 Å². The van der Waals surface area contributed by atoms with Gasteiger partial charge in [-0.25, -0.2) is 4.98 Å². The van der Waals surface area contributed by atoms with E-state index in [1.807, 2.05) is 0 Å². The fraction of sp³-hybridized carbons (Fsp3) is 0. The van der Waals surface area contributed by atoms with Crippen molar-refractivity contribution < 1.29 is 4.79 Å². The molecule has 0 unspecified atom stereocenters. The van der Waals surface area contributed by atoms with Crippen LogP contribution in [0.4, 0.5) is 0 Å². The van der Waals surface area contributed by atoms with Gasteiger partial charge in [0.2, 0.25) is 0 Å². The molecule has 3 nitrogen and oxygen atoms in total. The standard InChI is InChI=1S/C6H4BrClN2O/c7-4-1-5(8)10-2-3(4)6(9)11/h1-2H,(H2,9,11). The smallest absolute Gasteiger partial charge is 0.251 e. The van der Waals surface area contributed by atoms with E-state index >= 15 is 0 Å². The molecule has 1 amide bonds. The summed E-state index contributed by atoms with van der Waals surface area (Å²) in [5.74, 6) is -0.527. The van der Waals surface area contributed by atoms with E-state index in [1.54, 1.807) is 0 Å². The van der Waals surface area contributed by atoms with Crippen LogP contribution in [0.15, 0.2) is 16.7 Å². The number of primary amides is 1. The molecule has 0 aromatic carbocycles. The number of nitrogens with two attached hydrogens (primary N) is 1. The lowest BCUT2D eigenvalue weighted by Crippen LogP contribution is -2.11. The zero-order chi connectivity index (χ0) is 8.43. The molecular weight excluding hydrogens is 231 g/mol. The van der Waals surface area contributed by atoms with Crippen LogP contribution in [-0.2, 0) is 0 Å². The van der Waals surface area contributed by atoms with E-state index in [0.717, 1.165) is 0 Å². The Hall–Kier alpha value is -0.610. The number of hydrogen-bond donors (Lipinski definition) is 1. The Morgan fingerprint density at radius 3 is 2.82 bits per heavy atom. The van der Waals surface area contributed by atoms with Crippen molar-refractivity contribution in [3.63, 3.8) is 0 Å². The molecule has 0 saturated carbocycles. The highest BCUT2D eigenvalue weighted by Gasteiger charge is 2.05. The van der Waals surface area contributed by atoms with E-state index in [-0.39, 0.29) is 0 Å². The molecule has 0 spiro atoms. The first-order valence-corrected chi connectivity index (χ1v) is 3.89. The Kier molecular flexibility index (Phi) is 2.46. The second-order valence-electron chi connectivity index (χ2n) is 1.85. The summed E-state index contributed by atoms with van der Waals surface area (Å²) >= 11 is 8.65. The zero-order valence-electron chi connectivity index (χ0n) is 5.34. The van der Waals surface area contributed by atoms with Crippen LogP contribution >= 0.6 is 27.5 Å². The highest BCUT2D eigenvalue weighted by atomic mass is 79.9. The number of halogens is 2. The van der Waals surface area contributed by atoms with Crippen molar-refractivity contribution in [3.05, 3.63) is 27.5 Å². The molecule has 0 radical (unpaired) electrons. The number of pyridine rings is 1. The van der Waals surface area contributed by atoms with E-state index in [9.17, 15) is 4.79 Å². The van der Waals surface area contributed by atoms with Gasteiger partial charge >= 0.3 is 0 Å². The minimum Gasteiger partial charge on any atom is -0.366 e. The molecule has 0 fully saturated rings. The summed E-state index contributed by atoms with van der Waals surface area (Å²) in [6, 6.07) is 1.52. The van der Waals surface area contributed by atoms with Crippen LogP contribution in [0.3, 0.4) is 0 Å². The average molecular weight is 235 g/mol. The van der Waals surface area contributed by atoms with E-state index < -0.39 is 5.91 Å². The molecular formula is C6H4BrClN2O. The minimum absolute atomic E-state index is 0.321. The average Bonchev–Trinajstić information content (AvgIpc) is 1.85. The van der Waals surface area contributed by atoms with Gasteiger partial charge in [0.25, 0.3) is 5.91 Å². The molecule has 0 bridgehead atoms. The highest BCUT2D eigenvalue weighted by Crippen LogP contribution is 2.18. The Morgan fingerprint density at radius 1 is 1.73 bits per heavy atom. The van der Waals surface area contributed by atoms with Crippen molar-refractivity contribution in [1.29, 1.82) is 0 Å². The third-order valence-corrected chi connectivity index (χ3v) is 1.95. The van der Waals surface area contributed by atoms with Crippen LogP contribution in [0.25, 0.3) is 0 Å². The first kappa shape index (κ1) is 8.49. The predicted molar refractivity (Wildman–Crippen MR) is 45.5 cm³/mol. The minimum atomic E-state index is -0.527. The largest absolute Gasteiger partial charge is 0.366 e. The maximum absolute atomic E-state index is 10.6. The van der Waals surface area contributed by atoms with Crippen LogP contribution in [0.5, 0.6) is 0 Å². The van der Waals surface area contributed by atoms with Crippen LogP contribution in [0.1, 0.15) is 10.4 Å². The first-order chi connectivity index (χ1) is 5.11. The fourth-order valence-corrected chi connectivity index (χ4v) is 1.39. The number of rotatable bonds is 1. The Labute approximate surface area is 76.7 Å². The molecule has 58 valence electrons. The second-order valence-corrected chi connectivity index (χ2v) is 3.09. The van der Waals surface area contributed by atoms with Gasteiger partial charge in [0.15, 0.2) is 0 Å². The molecule has 0 aliphatic rings. The molecule has 0 saturated heterocycles. The monoisotopic (exact) mass is 234 g/mol. The van der Waals surface area contributed by atoms with Crippen LogP contribution < -0.4 is 5.73 Å². The van der Waals surface area contributed by atoms with E-state index in [2.05, 4.69) is 20.9 Å². The molecule has 0 atom stereocenters. The topological polar surface area (TPSA) is 56.0 Å². The van der Waals surface area contributed by atoms with Gasteiger partial charge in [0, 0.05) is 10.7 Å². The highest BCUT2D eigenvalue weighted by molar-refractivity contribution is 9.10. The Bertz CT molecular complexity index is 303. The Morgan fingerprint density at radius 2 is 2.36 bits per heavy atom. The number of carbonyl (C=O) groups is 1. The quantitative estimate of drug-likeness (QED) is 0.752. The van der Waals surface area contributed by atoms with Gasteiger partial charge in [-0.05, 0) is 22.0 Å².